The average Bonchev–Trinajstić information content (AvgIpc) is 2.45. The number of nitrogens with zero attached hydrogens (tertiary/aromatic N) is 1. The number of nitro benzene ring substituents is 1. The molecule has 4 fully saturated rings. The van der Waals surface area contributed by atoms with Gasteiger partial charge in [0.15, 0.2) is 0 Å². The topological polar surface area (TPSA) is 55.2 Å². The van der Waals surface area contributed by atoms with Crippen molar-refractivity contribution in [2.75, 3.05) is 5.32 Å². The van der Waals surface area contributed by atoms with Crippen LogP contribution in [0.25, 0.3) is 0 Å². The molecule has 1 aromatic rings. The molecule has 0 saturated heterocycles. The summed E-state index contributed by atoms with van der Waals surface area (Å²) in [5, 5.41) is 15.3. The molecule has 1 aromatic carbocycles. The lowest BCUT2D eigenvalue weighted by molar-refractivity contribution is -0.384. The summed E-state index contributed by atoms with van der Waals surface area (Å²) < 4.78 is 0. The van der Waals surface area contributed by atoms with Gasteiger partial charge in [-0.15, -0.1) is 0 Å². The number of nitrogens with one attached hydrogen (secondary N) is 1. The Balaban J connectivity index is 1.60. The Morgan fingerprint density at radius 2 is 1.78 bits per heavy atom. The van der Waals surface area contributed by atoms with Gasteiger partial charge in [0, 0.05) is 17.1 Å². The van der Waals surface area contributed by atoms with Gasteiger partial charge in [0.1, 0.15) is 5.69 Å². The molecule has 0 unspecified atom stereocenters. The summed E-state index contributed by atoms with van der Waals surface area (Å²) in [5.74, 6) is 2.62. The van der Waals surface area contributed by atoms with Gasteiger partial charge < -0.3 is 5.32 Å². The number of nitro groups is 1. The lowest BCUT2D eigenvalue weighted by atomic mass is 9.48. The zero-order valence-electron chi connectivity index (χ0n) is 13.4. The molecule has 5 rings (SSSR count). The maximum atomic E-state index is 11.3. The van der Waals surface area contributed by atoms with E-state index in [-0.39, 0.29) is 16.7 Å². The predicted molar refractivity (Wildman–Crippen MR) is 91.8 cm³/mol. The Bertz CT molecular complexity index is 611. The summed E-state index contributed by atoms with van der Waals surface area (Å²) in [6, 6.07) is 5.02. The lowest BCUT2D eigenvalue weighted by Crippen LogP contribution is -2.52. The van der Waals surface area contributed by atoms with Crippen LogP contribution in [0.4, 0.5) is 11.4 Å². The Morgan fingerprint density at radius 1 is 1.22 bits per heavy atom. The monoisotopic (exact) mass is 334 g/mol. The smallest absolute Gasteiger partial charge is 0.292 e. The zero-order valence-corrected chi connectivity index (χ0v) is 14.2. The maximum absolute atomic E-state index is 11.3. The van der Waals surface area contributed by atoms with E-state index in [1.54, 1.807) is 12.1 Å². The van der Waals surface area contributed by atoms with Gasteiger partial charge >= 0.3 is 0 Å². The van der Waals surface area contributed by atoms with Crippen molar-refractivity contribution < 1.29 is 4.92 Å². The molecular weight excluding hydrogens is 312 g/mol. The molecule has 4 saturated carbocycles. The van der Waals surface area contributed by atoms with Gasteiger partial charge in [-0.1, -0.05) is 11.6 Å². The van der Waals surface area contributed by atoms with E-state index in [4.69, 9.17) is 11.6 Å². The van der Waals surface area contributed by atoms with Gasteiger partial charge in [-0.3, -0.25) is 10.1 Å². The summed E-state index contributed by atoms with van der Waals surface area (Å²) in [6.07, 6.45) is 8.06. The molecule has 4 bridgehead atoms. The first-order valence-electron chi connectivity index (χ1n) is 8.66. The zero-order chi connectivity index (χ0) is 16.2. The first-order chi connectivity index (χ1) is 10.9. The van der Waals surface area contributed by atoms with Crippen LogP contribution in [0.2, 0.25) is 5.02 Å². The number of hydrogen-bond acceptors (Lipinski definition) is 3. The third kappa shape index (κ3) is 2.61. The third-order valence-corrected chi connectivity index (χ3v) is 6.77. The number of halogens is 1. The Labute approximate surface area is 141 Å². The number of benzene rings is 1. The molecule has 1 N–H and O–H groups in total. The SMILES string of the molecule is C[C@@H](Nc1cc(Cl)ccc1[N+](=O)[O-])C12CC3CC(CC(C3)C1)C2. The summed E-state index contributed by atoms with van der Waals surface area (Å²) in [6.45, 7) is 2.21. The fourth-order valence-electron chi connectivity index (χ4n) is 5.88. The second-order valence-electron chi connectivity index (χ2n) is 8.06. The standard InChI is InChI=1S/C18H23ClN2O2/c1-11(20-16-7-15(19)2-3-17(16)21(22)23)18-8-12-4-13(9-18)6-14(5-12)10-18/h2-3,7,11-14,20H,4-6,8-10H2,1H3/t11-,12?,13?,14?,18?/m1/s1. The van der Waals surface area contributed by atoms with Crippen LogP contribution in [0, 0.1) is 33.3 Å². The van der Waals surface area contributed by atoms with E-state index < -0.39 is 0 Å². The minimum atomic E-state index is -0.328. The normalized spacial score (nSPS) is 36.0. The van der Waals surface area contributed by atoms with Crippen molar-refractivity contribution in [1.29, 1.82) is 0 Å². The fraction of sp³-hybridized carbons (Fsp3) is 0.667. The van der Waals surface area contributed by atoms with Gasteiger partial charge in [-0.05, 0) is 80.8 Å². The number of anilines is 1. The van der Waals surface area contributed by atoms with Crippen LogP contribution in [0.1, 0.15) is 45.4 Å². The van der Waals surface area contributed by atoms with Crippen LogP contribution >= 0.6 is 11.6 Å². The molecule has 124 valence electrons. The van der Waals surface area contributed by atoms with Crippen LogP contribution in [0.3, 0.4) is 0 Å². The second-order valence-corrected chi connectivity index (χ2v) is 8.50. The van der Waals surface area contributed by atoms with Crippen LogP contribution < -0.4 is 5.32 Å². The van der Waals surface area contributed by atoms with E-state index in [9.17, 15) is 10.1 Å². The van der Waals surface area contributed by atoms with E-state index in [1.807, 2.05) is 0 Å². The highest BCUT2D eigenvalue weighted by Gasteiger charge is 2.53. The van der Waals surface area contributed by atoms with Crippen molar-refractivity contribution in [1.82, 2.24) is 0 Å². The van der Waals surface area contributed by atoms with Crippen molar-refractivity contribution in [3.05, 3.63) is 33.3 Å². The molecule has 0 amide bonds. The van der Waals surface area contributed by atoms with Crippen LogP contribution in [0.15, 0.2) is 18.2 Å². The average molecular weight is 335 g/mol. The van der Waals surface area contributed by atoms with Gasteiger partial charge in [-0.25, -0.2) is 0 Å². The van der Waals surface area contributed by atoms with E-state index in [0.717, 1.165) is 17.8 Å². The summed E-state index contributed by atoms with van der Waals surface area (Å²) in [4.78, 5) is 11.0. The Morgan fingerprint density at radius 3 is 2.30 bits per heavy atom. The highest BCUT2D eigenvalue weighted by molar-refractivity contribution is 6.31. The van der Waals surface area contributed by atoms with E-state index in [0.29, 0.717) is 16.1 Å². The highest BCUT2D eigenvalue weighted by Crippen LogP contribution is 2.61. The number of hydrogen-bond donors (Lipinski definition) is 1. The van der Waals surface area contributed by atoms with Crippen LogP contribution in [0.5, 0.6) is 0 Å². The third-order valence-electron chi connectivity index (χ3n) is 6.53. The van der Waals surface area contributed by atoms with E-state index in [1.165, 1.54) is 44.6 Å². The molecule has 0 spiro atoms. The van der Waals surface area contributed by atoms with Gasteiger partial charge in [0.05, 0.1) is 4.92 Å². The van der Waals surface area contributed by atoms with E-state index >= 15 is 0 Å². The Kier molecular flexibility index (Phi) is 3.56. The molecule has 4 nitrogen and oxygen atoms in total. The first kappa shape index (κ1) is 15.3. The molecule has 0 aliphatic heterocycles. The summed E-state index contributed by atoms with van der Waals surface area (Å²) >= 11 is 6.06. The van der Waals surface area contributed by atoms with Crippen molar-refractivity contribution in [2.24, 2.45) is 23.2 Å². The van der Waals surface area contributed by atoms with Gasteiger partial charge in [0.2, 0.25) is 0 Å². The molecular formula is C18H23ClN2O2. The highest BCUT2D eigenvalue weighted by atomic mass is 35.5. The van der Waals surface area contributed by atoms with Crippen LogP contribution in [-0.4, -0.2) is 11.0 Å². The minimum Gasteiger partial charge on any atom is -0.376 e. The molecule has 0 radical (unpaired) electrons. The number of rotatable bonds is 4. The van der Waals surface area contributed by atoms with Crippen molar-refractivity contribution in [3.8, 4) is 0 Å². The molecule has 23 heavy (non-hydrogen) atoms. The van der Waals surface area contributed by atoms with Crippen molar-refractivity contribution >= 4 is 23.0 Å². The summed E-state index contributed by atoms with van der Waals surface area (Å²) in [7, 11) is 0. The second kappa shape index (κ2) is 5.37. The minimum absolute atomic E-state index is 0.117. The molecule has 0 heterocycles. The summed E-state index contributed by atoms with van der Waals surface area (Å²) in [5.41, 5.74) is 0.988. The maximum Gasteiger partial charge on any atom is 0.292 e. The predicted octanol–water partition coefficient (Wildman–Crippen LogP) is 5.27. The van der Waals surface area contributed by atoms with Crippen LogP contribution in [-0.2, 0) is 0 Å². The molecule has 1 atom stereocenters. The van der Waals surface area contributed by atoms with Crippen molar-refractivity contribution in [2.45, 2.75) is 51.5 Å². The fourth-order valence-corrected chi connectivity index (χ4v) is 6.05. The Hall–Kier alpha value is -1.29. The van der Waals surface area contributed by atoms with Gasteiger partial charge in [0.25, 0.3) is 5.69 Å². The first-order valence-corrected chi connectivity index (χ1v) is 9.03. The lowest BCUT2D eigenvalue weighted by Gasteiger charge is -2.59. The van der Waals surface area contributed by atoms with Gasteiger partial charge in [-0.2, -0.15) is 0 Å². The molecule has 4 aliphatic carbocycles. The van der Waals surface area contributed by atoms with Crippen molar-refractivity contribution in [3.63, 3.8) is 0 Å². The molecule has 0 aromatic heterocycles. The molecule has 5 heteroatoms. The van der Waals surface area contributed by atoms with E-state index in [2.05, 4.69) is 12.2 Å². The quantitative estimate of drug-likeness (QED) is 0.603. The largest absolute Gasteiger partial charge is 0.376 e. The molecule has 4 aliphatic rings.